The molecule has 1 aliphatic rings. The van der Waals surface area contributed by atoms with Crippen molar-refractivity contribution < 1.29 is 9.53 Å². The number of benzene rings is 1. The van der Waals surface area contributed by atoms with E-state index in [2.05, 4.69) is 28.7 Å². The number of hydrogen-bond donors (Lipinski definition) is 0. The van der Waals surface area contributed by atoms with Gasteiger partial charge in [0.1, 0.15) is 0 Å². The van der Waals surface area contributed by atoms with Gasteiger partial charge in [0.2, 0.25) is 0 Å². The summed E-state index contributed by atoms with van der Waals surface area (Å²) in [6.45, 7) is 0. The first-order valence-electron chi connectivity index (χ1n) is 7.48. The van der Waals surface area contributed by atoms with Gasteiger partial charge in [-0.25, -0.2) is 0 Å². The number of esters is 1. The Bertz CT molecular complexity index is 656. The molecule has 0 saturated heterocycles. The maximum atomic E-state index is 11.7. The fourth-order valence-electron chi connectivity index (χ4n) is 3.15. The van der Waals surface area contributed by atoms with Crippen LogP contribution in [0, 0.1) is 9.49 Å². The van der Waals surface area contributed by atoms with E-state index < -0.39 is 0 Å². The molecule has 0 radical (unpaired) electrons. The van der Waals surface area contributed by atoms with Crippen LogP contribution < -0.4 is 0 Å². The van der Waals surface area contributed by atoms with E-state index in [-0.39, 0.29) is 5.97 Å². The molecule has 0 aliphatic heterocycles. The SMILES string of the molecule is COC(=O)c1ccc2[se]c(CC3CCCCC3)c(I)c2c1. The monoisotopic (exact) mass is 462 g/mol. The van der Waals surface area contributed by atoms with Gasteiger partial charge in [-0.2, -0.15) is 0 Å². The zero-order chi connectivity index (χ0) is 14.8. The first-order valence-corrected chi connectivity index (χ1v) is 10.3. The minimum absolute atomic E-state index is 0.241. The molecule has 3 rings (SSSR count). The summed E-state index contributed by atoms with van der Waals surface area (Å²) in [5.74, 6) is 0.644. The van der Waals surface area contributed by atoms with E-state index in [9.17, 15) is 4.79 Å². The molecule has 1 saturated carbocycles. The second-order valence-corrected chi connectivity index (χ2v) is 9.21. The molecule has 1 aromatic heterocycles. The number of halogens is 1. The van der Waals surface area contributed by atoms with Crippen molar-refractivity contribution in [3.8, 4) is 0 Å². The van der Waals surface area contributed by atoms with Gasteiger partial charge in [-0.3, -0.25) is 0 Å². The number of carbonyl (C=O) groups is 1. The Kier molecular flexibility index (Phi) is 5.07. The molecule has 2 nitrogen and oxygen atoms in total. The van der Waals surface area contributed by atoms with Crippen LogP contribution in [-0.2, 0) is 11.2 Å². The van der Waals surface area contributed by atoms with E-state index in [4.69, 9.17) is 4.74 Å². The standard InChI is InChI=1S/C17H19IO2Se/c1-20-17(19)12-7-8-14-13(10-12)16(18)15(21-14)9-11-5-3-2-4-6-11/h7-8,10-11H,2-6,9H2,1H3. The average Bonchev–Trinajstić information content (AvgIpc) is 2.83. The van der Waals surface area contributed by atoms with Crippen LogP contribution >= 0.6 is 22.6 Å². The van der Waals surface area contributed by atoms with Gasteiger partial charge in [0.25, 0.3) is 0 Å². The van der Waals surface area contributed by atoms with Crippen molar-refractivity contribution in [2.45, 2.75) is 38.5 Å². The molecule has 0 bridgehead atoms. The molecule has 0 amide bonds. The molecule has 1 fully saturated rings. The van der Waals surface area contributed by atoms with Crippen molar-refractivity contribution in [2.75, 3.05) is 7.11 Å². The third-order valence-corrected chi connectivity index (χ3v) is 8.87. The molecule has 1 aliphatic carbocycles. The van der Waals surface area contributed by atoms with Crippen LogP contribution in [-0.4, -0.2) is 27.6 Å². The molecule has 4 heteroatoms. The van der Waals surface area contributed by atoms with Crippen LogP contribution in [0.3, 0.4) is 0 Å². The quantitative estimate of drug-likeness (QED) is 0.385. The molecule has 1 heterocycles. The number of fused-ring (bicyclic) bond motifs is 1. The molecular weight excluding hydrogens is 442 g/mol. The summed E-state index contributed by atoms with van der Waals surface area (Å²) >= 11 is 2.92. The summed E-state index contributed by atoms with van der Waals surface area (Å²) < 4.78 is 9.27. The minimum atomic E-state index is -0.241. The van der Waals surface area contributed by atoms with E-state index in [0.717, 1.165) is 5.92 Å². The number of hydrogen-bond acceptors (Lipinski definition) is 2. The van der Waals surface area contributed by atoms with Gasteiger partial charge in [0.05, 0.1) is 0 Å². The zero-order valence-electron chi connectivity index (χ0n) is 12.2. The van der Waals surface area contributed by atoms with Crippen LogP contribution in [0.25, 0.3) is 9.65 Å². The van der Waals surface area contributed by atoms with Crippen LogP contribution in [0.1, 0.15) is 46.9 Å². The molecule has 21 heavy (non-hydrogen) atoms. The van der Waals surface area contributed by atoms with Crippen molar-refractivity contribution >= 4 is 52.7 Å². The Labute approximate surface area is 145 Å². The summed E-state index contributed by atoms with van der Waals surface area (Å²) in [5, 5.41) is 1.27. The number of ether oxygens (including phenoxy) is 1. The van der Waals surface area contributed by atoms with Crippen molar-refractivity contribution in [3.05, 3.63) is 31.8 Å². The normalized spacial score (nSPS) is 16.3. The Balaban J connectivity index is 1.89. The van der Waals surface area contributed by atoms with Crippen molar-refractivity contribution in [1.82, 2.24) is 0 Å². The fraction of sp³-hybridized carbons (Fsp3) is 0.471. The van der Waals surface area contributed by atoms with Crippen molar-refractivity contribution in [2.24, 2.45) is 5.92 Å². The summed E-state index contributed by atoms with van der Waals surface area (Å²) in [4.78, 5) is 11.7. The summed E-state index contributed by atoms with van der Waals surface area (Å²) in [5.41, 5.74) is 0.667. The molecule has 1 aromatic carbocycles. The van der Waals surface area contributed by atoms with Gasteiger partial charge in [-0.15, -0.1) is 0 Å². The summed E-state index contributed by atoms with van der Waals surface area (Å²) in [7, 11) is 1.44. The molecule has 112 valence electrons. The average molecular weight is 461 g/mol. The third-order valence-electron chi connectivity index (χ3n) is 4.31. The molecule has 2 aromatic rings. The predicted molar refractivity (Wildman–Crippen MR) is 95.2 cm³/mol. The summed E-state index contributed by atoms with van der Waals surface area (Å²) in [6.07, 6.45) is 8.28. The first-order chi connectivity index (χ1) is 10.2. The van der Waals surface area contributed by atoms with Crippen molar-refractivity contribution in [1.29, 1.82) is 0 Å². The van der Waals surface area contributed by atoms with E-state index in [0.29, 0.717) is 20.1 Å². The Morgan fingerprint density at radius 3 is 2.81 bits per heavy atom. The third kappa shape index (κ3) is 3.38. The molecule has 0 unspecified atom stereocenters. The van der Waals surface area contributed by atoms with Gasteiger partial charge in [-0.1, -0.05) is 0 Å². The maximum absolute atomic E-state index is 11.7. The first kappa shape index (κ1) is 15.6. The second-order valence-electron chi connectivity index (χ2n) is 5.75. The predicted octanol–water partition coefficient (Wildman–Crippen LogP) is 4.41. The van der Waals surface area contributed by atoms with Gasteiger partial charge in [0, 0.05) is 0 Å². The van der Waals surface area contributed by atoms with Crippen LogP contribution in [0.15, 0.2) is 18.2 Å². The number of carbonyl (C=O) groups excluding carboxylic acids is 1. The van der Waals surface area contributed by atoms with Gasteiger partial charge < -0.3 is 0 Å². The number of methoxy groups -OCH3 is 1. The fourth-order valence-corrected chi connectivity index (χ4v) is 7.30. The Morgan fingerprint density at radius 1 is 1.33 bits per heavy atom. The van der Waals surface area contributed by atoms with Gasteiger partial charge in [-0.05, 0) is 0 Å². The molecular formula is C17H19IO2Se. The van der Waals surface area contributed by atoms with Crippen LogP contribution in [0.2, 0.25) is 0 Å². The second kappa shape index (κ2) is 6.84. The van der Waals surface area contributed by atoms with Gasteiger partial charge >= 0.3 is 146 Å². The van der Waals surface area contributed by atoms with E-state index >= 15 is 0 Å². The Hall–Kier alpha value is -0.321. The Morgan fingerprint density at radius 2 is 2.10 bits per heavy atom. The van der Waals surface area contributed by atoms with E-state index in [1.54, 1.807) is 4.44 Å². The summed E-state index contributed by atoms with van der Waals surface area (Å²) in [6, 6.07) is 6.03. The van der Waals surface area contributed by atoms with Gasteiger partial charge in [0.15, 0.2) is 0 Å². The van der Waals surface area contributed by atoms with E-state index in [1.165, 1.54) is 58.9 Å². The number of rotatable bonds is 3. The van der Waals surface area contributed by atoms with E-state index in [1.807, 2.05) is 12.1 Å². The van der Waals surface area contributed by atoms with Crippen LogP contribution in [0.5, 0.6) is 0 Å². The molecule has 0 spiro atoms. The molecule has 0 atom stereocenters. The van der Waals surface area contributed by atoms with Crippen molar-refractivity contribution in [3.63, 3.8) is 0 Å². The van der Waals surface area contributed by atoms with Crippen LogP contribution in [0.4, 0.5) is 0 Å². The molecule has 0 N–H and O–H groups in total. The topological polar surface area (TPSA) is 26.3 Å². The zero-order valence-corrected chi connectivity index (χ0v) is 16.0.